The Morgan fingerprint density at radius 1 is 1.30 bits per heavy atom. The molecular formula is C15H17N3O2. The molecule has 20 heavy (non-hydrogen) atoms. The van der Waals surface area contributed by atoms with Crippen molar-refractivity contribution in [1.29, 1.82) is 0 Å². The van der Waals surface area contributed by atoms with Gasteiger partial charge >= 0.3 is 5.97 Å². The van der Waals surface area contributed by atoms with Gasteiger partial charge in [0.1, 0.15) is 5.69 Å². The summed E-state index contributed by atoms with van der Waals surface area (Å²) in [6, 6.07) is 11.0. The summed E-state index contributed by atoms with van der Waals surface area (Å²) < 4.78 is 0. The number of carbonyl (C=O) groups is 1. The van der Waals surface area contributed by atoms with Crippen LogP contribution in [-0.2, 0) is 6.54 Å². The molecule has 2 aromatic heterocycles. The van der Waals surface area contributed by atoms with Crippen molar-refractivity contribution in [3.8, 4) is 0 Å². The number of aromatic nitrogens is 2. The normalized spacial score (nSPS) is 12.3. The van der Waals surface area contributed by atoms with Crippen LogP contribution in [0.2, 0.25) is 0 Å². The van der Waals surface area contributed by atoms with Crippen LogP contribution in [0.25, 0.3) is 0 Å². The number of rotatable bonds is 5. The predicted molar refractivity (Wildman–Crippen MR) is 75.3 cm³/mol. The number of pyridine rings is 2. The maximum Gasteiger partial charge on any atom is 0.354 e. The molecule has 0 unspecified atom stereocenters. The van der Waals surface area contributed by atoms with Crippen molar-refractivity contribution >= 4 is 5.97 Å². The second kappa shape index (κ2) is 6.25. The highest BCUT2D eigenvalue weighted by Crippen LogP contribution is 2.17. The third-order valence-electron chi connectivity index (χ3n) is 3.21. The van der Waals surface area contributed by atoms with E-state index < -0.39 is 5.97 Å². The quantitative estimate of drug-likeness (QED) is 0.904. The Labute approximate surface area is 117 Å². The minimum Gasteiger partial charge on any atom is -0.477 e. The molecule has 1 N–H and O–H groups in total. The Balaban J connectivity index is 2.09. The van der Waals surface area contributed by atoms with Gasteiger partial charge in [0, 0.05) is 18.8 Å². The van der Waals surface area contributed by atoms with Gasteiger partial charge in [-0.3, -0.25) is 9.88 Å². The zero-order valence-corrected chi connectivity index (χ0v) is 11.5. The lowest BCUT2D eigenvalue weighted by Crippen LogP contribution is -2.23. The van der Waals surface area contributed by atoms with E-state index >= 15 is 0 Å². The Hall–Kier alpha value is -2.27. The first-order valence-electron chi connectivity index (χ1n) is 6.38. The van der Waals surface area contributed by atoms with E-state index in [4.69, 9.17) is 5.11 Å². The molecule has 5 nitrogen and oxygen atoms in total. The number of carboxylic acids is 1. The van der Waals surface area contributed by atoms with Crippen LogP contribution in [-0.4, -0.2) is 33.0 Å². The Morgan fingerprint density at radius 2 is 2.10 bits per heavy atom. The van der Waals surface area contributed by atoms with E-state index in [0.29, 0.717) is 6.54 Å². The third kappa shape index (κ3) is 3.39. The molecular weight excluding hydrogens is 254 g/mol. The number of carboxylic acid groups (broad SMARTS) is 1. The molecule has 0 spiro atoms. The van der Waals surface area contributed by atoms with Crippen molar-refractivity contribution < 1.29 is 9.90 Å². The van der Waals surface area contributed by atoms with Crippen molar-refractivity contribution in [2.24, 2.45) is 0 Å². The maximum atomic E-state index is 10.9. The van der Waals surface area contributed by atoms with Crippen LogP contribution < -0.4 is 0 Å². The molecule has 104 valence electrons. The molecule has 0 saturated heterocycles. The van der Waals surface area contributed by atoms with Crippen LogP contribution in [0, 0.1) is 0 Å². The second-order valence-corrected chi connectivity index (χ2v) is 4.67. The molecule has 0 radical (unpaired) electrons. The van der Waals surface area contributed by atoms with Crippen LogP contribution in [0.5, 0.6) is 0 Å². The van der Waals surface area contributed by atoms with E-state index in [-0.39, 0.29) is 11.7 Å². The summed E-state index contributed by atoms with van der Waals surface area (Å²) in [6.45, 7) is 2.63. The van der Waals surface area contributed by atoms with E-state index in [1.54, 1.807) is 12.3 Å². The molecule has 0 amide bonds. The zero-order valence-electron chi connectivity index (χ0n) is 11.5. The zero-order chi connectivity index (χ0) is 14.5. The molecule has 0 aromatic carbocycles. The number of hydrogen-bond donors (Lipinski definition) is 1. The maximum absolute atomic E-state index is 10.9. The van der Waals surface area contributed by atoms with Crippen molar-refractivity contribution in [2.75, 3.05) is 7.05 Å². The molecule has 2 aromatic rings. The molecule has 0 saturated carbocycles. The third-order valence-corrected chi connectivity index (χ3v) is 3.21. The SMILES string of the molecule is C[C@H](c1ccccn1)N(C)Cc1cccc(C(=O)O)n1. The molecule has 5 heteroatoms. The highest BCUT2D eigenvalue weighted by molar-refractivity contribution is 5.85. The van der Waals surface area contributed by atoms with Gasteiger partial charge in [-0.25, -0.2) is 9.78 Å². The highest BCUT2D eigenvalue weighted by atomic mass is 16.4. The minimum atomic E-state index is -1.01. The minimum absolute atomic E-state index is 0.0707. The van der Waals surface area contributed by atoms with Gasteiger partial charge in [-0.05, 0) is 38.2 Å². The predicted octanol–water partition coefficient (Wildman–Crippen LogP) is 2.37. The lowest BCUT2D eigenvalue weighted by atomic mass is 10.2. The fourth-order valence-electron chi connectivity index (χ4n) is 1.93. The van der Waals surface area contributed by atoms with Crippen LogP contribution in [0.4, 0.5) is 0 Å². The number of hydrogen-bond acceptors (Lipinski definition) is 4. The van der Waals surface area contributed by atoms with Gasteiger partial charge in [-0.1, -0.05) is 12.1 Å². The number of aromatic carboxylic acids is 1. The molecule has 0 aliphatic carbocycles. The average Bonchev–Trinajstić information content (AvgIpc) is 2.47. The second-order valence-electron chi connectivity index (χ2n) is 4.67. The van der Waals surface area contributed by atoms with Crippen LogP contribution in [0.3, 0.4) is 0 Å². The van der Waals surface area contributed by atoms with Gasteiger partial charge in [0.05, 0.1) is 11.4 Å². The van der Waals surface area contributed by atoms with Gasteiger partial charge in [-0.15, -0.1) is 0 Å². The van der Waals surface area contributed by atoms with Crippen molar-refractivity contribution in [3.63, 3.8) is 0 Å². The largest absolute Gasteiger partial charge is 0.477 e. The Kier molecular flexibility index (Phi) is 4.42. The molecule has 0 aliphatic rings. The molecule has 0 fully saturated rings. The smallest absolute Gasteiger partial charge is 0.354 e. The lowest BCUT2D eigenvalue weighted by molar-refractivity contribution is 0.0690. The average molecular weight is 271 g/mol. The van der Waals surface area contributed by atoms with Crippen LogP contribution in [0.15, 0.2) is 42.6 Å². The summed E-state index contributed by atoms with van der Waals surface area (Å²) in [5, 5.41) is 8.94. The lowest BCUT2D eigenvalue weighted by Gasteiger charge is -2.23. The van der Waals surface area contributed by atoms with E-state index in [1.807, 2.05) is 31.3 Å². The Morgan fingerprint density at radius 3 is 2.75 bits per heavy atom. The van der Waals surface area contributed by atoms with Gasteiger partial charge < -0.3 is 5.11 Å². The standard InChI is InChI=1S/C15H17N3O2/c1-11(13-7-3-4-9-16-13)18(2)10-12-6-5-8-14(17-12)15(19)20/h3-9,11H,10H2,1-2H3,(H,19,20)/t11-/m1/s1. The fraction of sp³-hybridized carbons (Fsp3) is 0.267. The molecule has 0 bridgehead atoms. The molecule has 1 atom stereocenters. The van der Waals surface area contributed by atoms with Gasteiger partial charge in [-0.2, -0.15) is 0 Å². The number of nitrogens with zero attached hydrogens (tertiary/aromatic N) is 3. The topological polar surface area (TPSA) is 66.3 Å². The van der Waals surface area contributed by atoms with Crippen molar-refractivity contribution in [3.05, 3.63) is 59.7 Å². The van der Waals surface area contributed by atoms with E-state index in [0.717, 1.165) is 11.4 Å². The molecule has 2 heterocycles. The molecule has 2 rings (SSSR count). The van der Waals surface area contributed by atoms with E-state index in [9.17, 15) is 4.79 Å². The first kappa shape index (κ1) is 14.1. The van der Waals surface area contributed by atoms with Crippen LogP contribution >= 0.6 is 0 Å². The van der Waals surface area contributed by atoms with E-state index in [2.05, 4.69) is 21.8 Å². The summed E-state index contributed by atoms with van der Waals surface area (Å²) >= 11 is 0. The summed E-state index contributed by atoms with van der Waals surface area (Å²) in [6.07, 6.45) is 1.77. The van der Waals surface area contributed by atoms with Crippen molar-refractivity contribution in [1.82, 2.24) is 14.9 Å². The molecule has 0 aliphatic heterocycles. The monoisotopic (exact) mass is 271 g/mol. The van der Waals surface area contributed by atoms with Gasteiger partial charge in [0.2, 0.25) is 0 Å². The highest BCUT2D eigenvalue weighted by Gasteiger charge is 2.14. The van der Waals surface area contributed by atoms with Gasteiger partial charge in [0.25, 0.3) is 0 Å². The van der Waals surface area contributed by atoms with Gasteiger partial charge in [0.15, 0.2) is 0 Å². The van der Waals surface area contributed by atoms with Crippen LogP contribution in [0.1, 0.15) is 34.8 Å². The fourth-order valence-corrected chi connectivity index (χ4v) is 1.93. The first-order valence-corrected chi connectivity index (χ1v) is 6.38. The summed E-state index contributed by atoms with van der Waals surface area (Å²) in [5.74, 6) is -1.01. The Bertz CT molecular complexity index is 587. The summed E-state index contributed by atoms with van der Waals surface area (Å²) in [4.78, 5) is 21.4. The summed E-state index contributed by atoms with van der Waals surface area (Å²) in [5.41, 5.74) is 1.78. The van der Waals surface area contributed by atoms with E-state index in [1.165, 1.54) is 6.07 Å². The first-order chi connectivity index (χ1) is 9.58. The van der Waals surface area contributed by atoms with Crippen molar-refractivity contribution in [2.45, 2.75) is 19.5 Å². The summed E-state index contributed by atoms with van der Waals surface area (Å²) in [7, 11) is 1.97.